The SMILES string of the molecule is CC(C)(C)[Si](C)(C)OCC(O[Si](C)(C)C(C)(C)C)c1ccc(C(=O)O)cc1. The summed E-state index contributed by atoms with van der Waals surface area (Å²) in [6.45, 7) is 22.8. The van der Waals surface area contributed by atoms with Crippen molar-refractivity contribution in [1.82, 2.24) is 0 Å². The summed E-state index contributed by atoms with van der Waals surface area (Å²) < 4.78 is 13.2. The Morgan fingerprint density at radius 2 is 1.37 bits per heavy atom. The lowest BCUT2D eigenvalue weighted by Gasteiger charge is -2.41. The van der Waals surface area contributed by atoms with Gasteiger partial charge in [0, 0.05) is 0 Å². The van der Waals surface area contributed by atoms with Crippen LogP contribution in [-0.2, 0) is 8.85 Å². The van der Waals surface area contributed by atoms with E-state index in [4.69, 9.17) is 14.0 Å². The Kier molecular flexibility index (Phi) is 7.31. The molecule has 0 fully saturated rings. The highest BCUT2D eigenvalue weighted by atomic mass is 28.4. The maximum atomic E-state index is 11.2. The average molecular weight is 411 g/mol. The first kappa shape index (κ1) is 24.1. The van der Waals surface area contributed by atoms with Crippen LogP contribution in [0.1, 0.15) is 63.6 Å². The number of carboxylic acids is 1. The van der Waals surface area contributed by atoms with Crippen molar-refractivity contribution in [3.05, 3.63) is 35.4 Å². The summed E-state index contributed by atoms with van der Waals surface area (Å²) in [4.78, 5) is 11.2. The Bertz CT molecular complexity index is 638. The van der Waals surface area contributed by atoms with Crippen LogP contribution in [-0.4, -0.2) is 34.3 Å². The van der Waals surface area contributed by atoms with Crippen LogP contribution in [0.25, 0.3) is 0 Å². The van der Waals surface area contributed by atoms with Gasteiger partial charge in [-0.3, -0.25) is 0 Å². The molecule has 0 saturated heterocycles. The van der Waals surface area contributed by atoms with Crippen LogP contribution in [0, 0.1) is 0 Å². The molecule has 1 rings (SSSR count). The van der Waals surface area contributed by atoms with Crippen LogP contribution in [0.15, 0.2) is 24.3 Å². The Hall–Kier alpha value is -0.956. The number of carbonyl (C=O) groups is 1. The minimum absolute atomic E-state index is 0.0865. The first-order chi connectivity index (χ1) is 12.0. The topological polar surface area (TPSA) is 55.8 Å². The van der Waals surface area contributed by atoms with E-state index in [1.54, 1.807) is 12.1 Å². The molecule has 0 aliphatic heterocycles. The van der Waals surface area contributed by atoms with Gasteiger partial charge >= 0.3 is 5.97 Å². The van der Waals surface area contributed by atoms with Crippen molar-refractivity contribution in [2.24, 2.45) is 0 Å². The fourth-order valence-corrected chi connectivity index (χ4v) is 4.34. The molecule has 0 aromatic heterocycles. The summed E-state index contributed by atoms with van der Waals surface area (Å²) in [7, 11) is -3.92. The van der Waals surface area contributed by atoms with Crippen molar-refractivity contribution in [3.63, 3.8) is 0 Å². The van der Waals surface area contributed by atoms with Crippen molar-refractivity contribution < 1.29 is 18.8 Å². The van der Waals surface area contributed by atoms with Gasteiger partial charge in [0.15, 0.2) is 16.6 Å². The second kappa shape index (κ2) is 8.19. The molecule has 1 atom stereocenters. The first-order valence-corrected chi connectivity index (χ1v) is 15.4. The highest BCUT2D eigenvalue weighted by molar-refractivity contribution is 6.74. The zero-order chi connectivity index (χ0) is 21.3. The molecule has 6 heteroatoms. The number of hydrogen-bond acceptors (Lipinski definition) is 3. The third-order valence-corrected chi connectivity index (χ3v) is 15.2. The molecule has 0 aliphatic carbocycles. The highest BCUT2D eigenvalue weighted by Gasteiger charge is 2.41. The lowest BCUT2D eigenvalue weighted by atomic mass is 10.1. The molecule has 0 amide bonds. The third kappa shape index (κ3) is 6.27. The normalized spacial score (nSPS) is 14.9. The molecule has 0 saturated carbocycles. The molecule has 27 heavy (non-hydrogen) atoms. The number of aromatic carboxylic acids is 1. The molecular formula is C21H38O4Si2. The van der Waals surface area contributed by atoms with Crippen molar-refractivity contribution in [2.45, 2.75) is 83.9 Å². The zero-order valence-electron chi connectivity index (χ0n) is 18.8. The largest absolute Gasteiger partial charge is 0.478 e. The van der Waals surface area contributed by atoms with E-state index in [0.717, 1.165) is 5.56 Å². The molecular weight excluding hydrogens is 372 g/mol. The standard InChI is InChI=1S/C21H38O4Si2/c1-20(2,3)26(7,8)24-15-18(25-27(9,10)21(4,5)6)16-11-13-17(14-12-16)19(22)23/h11-14,18H,15H2,1-10H3,(H,22,23). The Morgan fingerprint density at radius 3 is 1.74 bits per heavy atom. The zero-order valence-corrected chi connectivity index (χ0v) is 20.8. The number of rotatable bonds is 7. The van der Waals surface area contributed by atoms with Crippen LogP contribution in [0.3, 0.4) is 0 Å². The lowest BCUT2D eigenvalue weighted by molar-refractivity contribution is 0.0696. The smallest absolute Gasteiger partial charge is 0.335 e. The predicted molar refractivity (Wildman–Crippen MR) is 118 cm³/mol. The van der Waals surface area contributed by atoms with E-state index in [0.29, 0.717) is 6.61 Å². The number of benzene rings is 1. The van der Waals surface area contributed by atoms with Gasteiger partial charge in [-0.2, -0.15) is 0 Å². The monoisotopic (exact) mass is 410 g/mol. The summed E-state index contributed by atoms with van der Waals surface area (Å²) in [5.41, 5.74) is 1.26. The van der Waals surface area contributed by atoms with Crippen molar-refractivity contribution in [1.29, 1.82) is 0 Å². The molecule has 154 valence electrons. The van der Waals surface area contributed by atoms with Gasteiger partial charge in [-0.1, -0.05) is 53.7 Å². The van der Waals surface area contributed by atoms with Crippen molar-refractivity contribution >= 4 is 22.6 Å². The van der Waals surface area contributed by atoms with E-state index in [2.05, 4.69) is 67.7 Å². The van der Waals surface area contributed by atoms with Crippen LogP contribution in [0.5, 0.6) is 0 Å². The summed E-state index contributed by atoms with van der Waals surface area (Å²) in [6.07, 6.45) is -0.192. The summed E-state index contributed by atoms with van der Waals surface area (Å²) in [6, 6.07) is 7.00. The maximum absolute atomic E-state index is 11.2. The predicted octanol–water partition coefficient (Wildman–Crippen LogP) is 6.47. The van der Waals surface area contributed by atoms with Gasteiger partial charge in [-0.25, -0.2) is 4.79 Å². The van der Waals surface area contributed by atoms with Crippen LogP contribution in [0.2, 0.25) is 36.3 Å². The van der Waals surface area contributed by atoms with E-state index < -0.39 is 22.6 Å². The van der Waals surface area contributed by atoms with E-state index in [-0.39, 0.29) is 21.7 Å². The fraction of sp³-hybridized carbons (Fsp3) is 0.667. The molecule has 1 unspecified atom stereocenters. The fourth-order valence-electron chi connectivity index (χ4n) is 2.07. The van der Waals surface area contributed by atoms with Crippen molar-refractivity contribution in [2.75, 3.05) is 6.61 Å². The van der Waals surface area contributed by atoms with Gasteiger partial charge in [0.2, 0.25) is 0 Å². The quantitative estimate of drug-likeness (QED) is 0.523. The first-order valence-electron chi connectivity index (χ1n) is 9.63. The van der Waals surface area contributed by atoms with Crippen LogP contribution >= 0.6 is 0 Å². The van der Waals surface area contributed by atoms with E-state index in [1.165, 1.54) is 0 Å². The second-order valence-electron chi connectivity index (χ2n) is 10.4. The molecule has 1 aromatic rings. The summed E-state index contributed by atoms with van der Waals surface area (Å²) in [5, 5.41) is 9.38. The third-order valence-electron chi connectivity index (χ3n) is 6.17. The minimum atomic E-state index is -2.01. The minimum Gasteiger partial charge on any atom is -0.478 e. The van der Waals surface area contributed by atoms with Gasteiger partial charge in [0.05, 0.1) is 18.3 Å². The van der Waals surface area contributed by atoms with E-state index in [1.807, 2.05) is 12.1 Å². The van der Waals surface area contributed by atoms with Gasteiger partial charge in [-0.05, 0) is 54.0 Å². The van der Waals surface area contributed by atoms with E-state index in [9.17, 15) is 4.79 Å². The number of hydrogen-bond donors (Lipinski definition) is 1. The van der Waals surface area contributed by atoms with Gasteiger partial charge in [-0.15, -0.1) is 0 Å². The molecule has 1 aromatic carbocycles. The Balaban J connectivity index is 3.15. The van der Waals surface area contributed by atoms with Crippen LogP contribution in [0.4, 0.5) is 0 Å². The molecule has 1 N–H and O–H groups in total. The van der Waals surface area contributed by atoms with E-state index >= 15 is 0 Å². The van der Waals surface area contributed by atoms with Crippen molar-refractivity contribution in [3.8, 4) is 0 Å². The lowest BCUT2D eigenvalue weighted by Crippen LogP contribution is -2.45. The molecule has 4 nitrogen and oxygen atoms in total. The van der Waals surface area contributed by atoms with Crippen LogP contribution < -0.4 is 0 Å². The summed E-state index contributed by atoms with van der Waals surface area (Å²) in [5.74, 6) is -0.916. The molecule has 0 aliphatic rings. The Morgan fingerprint density at radius 1 is 0.926 bits per heavy atom. The van der Waals surface area contributed by atoms with Gasteiger partial charge in [0.25, 0.3) is 0 Å². The molecule has 0 heterocycles. The summed E-state index contributed by atoms with van der Waals surface area (Å²) >= 11 is 0. The second-order valence-corrected chi connectivity index (χ2v) is 19.9. The highest BCUT2D eigenvalue weighted by Crippen LogP contribution is 2.41. The molecule has 0 bridgehead atoms. The Labute approximate surface area is 167 Å². The molecule has 0 spiro atoms. The van der Waals surface area contributed by atoms with Gasteiger partial charge < -0.3 is 14.0 Å². The number of carboxylic acid groups (broad SMARTS) is 1. The maximum Gasteiger partial charge on any atom is 0.335 e. The average Bonchev–Trinajstić information content (AvgIpc) is 2.49. The molecule has 0 radical (unpaired) electrons. The van der Waals surface area contributed by atoms with Gasteiger partial charge in [0.1, 0.15) is 0 Å².